The van der Waals surface area contributed by atoms with Gasteiger partial charge in [-0.25, -0.2) is 4.39 Å². The van der Waals surface area contributed by atoms with Gasteiger partial charge in [-0.05, 0) is 34.5 Å². The molecule has 0 spiro atoms. The number of rotatable bonds is 2. The van der Waals surface area contributed by atoms with E-state index in [9.17, 15) is 9.18 Å². The Balaban J connectivity index is 2.39. The van der Waals surface area contributed by atoms with Crippen molar-refractivity contribution in [3.63, 3.8) is 0 Å². The zero-order valence-corrected chi connectivity index (χ0v) is 11.6. The van der Waals surface area contributed by atoms with E-state index in [-0.39, 0.29) is 24.3 Å². The van der Waals surface area contributed by atoms with E-state index in [1.165, 1.54) is 0 Å². The number of halogens is 2. The fourth-order valence-electron chi connectivity index (χ4n) is 2.07. The minimum Gasteiger partial charge on any atom is -0.356 e. The van der Waals surface area contributed by atoms with Crippen LogP contribution in [-0.4, -0.2) is 25.0 Å². The van der Waals surface area contributed by atoms with Crippen LogP contribution in [0, 0.1) is 5.82 Å². The van der Waals surface area contributed by atoms with E-state index in [2.05, 4.69) is 21.2 Å². The van der Waals surface area contributed by atoms with Crippen LogP contribution in [0.2, 0.25) is 0 Å². The van der Waals surface area contributed by atoms with Crippen LogP contribution in [0.4, 0.5) is 10.1 Å². The van der Waals surface area contributed by atoms with Crippen molar-refractivity contribution in [1.29, 1.82) is 0 Å². The van der Waals surface area contributed by atoms with Crippen molar-refractivity contribution < 1.29 is 9.18 Å². The number of nitrogens with zero attached hydrogens (tertiary/aromatic N) is 1. The predicted octanol–water partition coefficient (Wildman–Crippen LogP) is 1.37. The molecule has 2 rings (SSSR count). The molecular weight excluding hydrogens is 301 g/mol. The molecule has 0 saturated carbocycles. The largest absolute Gasteiger partial charge is 0.356 e. The zero-order chi connectivity index (χ0) is 13.3. The van der Waals surface area contributed by atoms with Crippen LogP contribution >= 0.6 is 15.9 Å². The van der Waals surface area contributed by atoms with E-state index in [1.54, 1.807) is 24.0 Å². The predicted molar refractivity (Wildman–Crippen MR) is 71.8 cm³/mol. The van der Waals surface area contributed by atoms with Crippen LogP contribution in [0.3, 0.4) is 0 Å². The van der Waals surface area contributed by atoms with E-state index < -0.39 is 0 Å². The van der Waals surface area contributed by atoms with Gasteiger partial charge in [-0.3, -0.25) is 4.79 Å². The molecule has 4 nitrogen and oxygen atoms in total. The highest BCUT2D eigenvalue weighted by Crippen LogP contribution is 2.30. The number of nitrogens with one attached hydrogen (secondary N) is 1. The summed E-state index contributed by atoms with van der Waals surface area (Å²) in [6, 6.07) is 3.09. The summed E-state index contributed by atoms with van der Waals surface area (Å²) in [6.45, 7) is 3.16. The molecule has 1 unspecified atom stereocenters. The molecular formula is C12H15BrFN3O. The molecule has 1 aromatic carbocycles. The number of amides is 1. The summed E-state index contributed by atoms with van der Waals surface area (Å²) in [4.78, 5) is 13.4. The highest BCUT2D eigenvalue weighted by atomic mass is 79.9. The van der Waals surface area contributed by atoms with E-state index in [4.69, 9.17) is 5.73 Å². The van der Waals surface area contributed by atoms with Crippen LogP contribution in [0.1, 0.15) is 12.5 Å². The Bertz CT molecular complexity index is 481. The van der Waals surface area contributed by atoms with Crippen molar-refractivity contribution in [1.82, 2.24) is 5.32 Å². The molecule has 18 heavy (non-hydrogen) atoms. The monoisotopic (exact) mass is 315 g/mol. The molecule has 6 heteroatoms. The van der Waals surface area contributed by atoms with Crippen molar-refractivity contribution >= 4 is 27.5 Å². The van der Waals surface area contributed by atoms with Gasteiger partial charge in [-0.15, -0.1) is 0 Å². The Morgan fingerprint density at radius 2 is 2.33 bits per heavy atom. The first kappa shape index (κ1) is 13.3. The first-order valence-electron chi connectivity index (χ1n) is 5.77. The number of nitrogens with two attached hydrogens (primary N) is 1. The van der Waals surface area contributed by atoms with Crippen LogP contribution in [0.15, 0.2) is 16.6 Å². The number of benzene rings is 1. The summed E-state index contributed by atoms with van der Waals surface area (Å²) in [5.41, 5.74) is 6.67. The molecule has 0 bridgehead atoms. The molecule has 0 aromatic heterocycles. The number of hydrogen-bond acceptors (Lipinski definition) is 3. The second kappa shape index (κ2) is 5.24. The summed E-state index contributed by atoms with van der Waals surface area (Å²) in [7, 11) is 0. The number of hydrogen-bond donors (Lipinski definition) is 2. The van der Waals surface area contributed by atoms with Gasteiger partial charge in [0.1, 0.15) is 6.04 Å². The molecule has 98 valence electrons. The van der Waals surface area contributed by atoms with Gasteiger partial charge in [0.05, 0.1) is 10.2 Å². The summed E-state index contributed by atoms with van der Waals surface area (Å²) in [5.74, 6) is -0.445. The quantitative estimate of drug-likeness (QED) is 0.866. The lowest BCUT2D eigenvalue weighted by Gasteiger charge is -2.35. The van der Waals surface area contributed by atoms with E-state index in [0.717, 1.165) is 0 Å². The third-order valence-corrected chi connectivity index (χ3v) is 4.03. The first-order chi connectivity index (χ1) is 8.56. The van der Waals surface area contributed by atoms with Gasteiger partial charge in [-0.1, -0.05) is 6.07 Å². The second-order valence-corrected chi connectivity index (χ2v) is 5.03. The zero-order valence-electron chi connectivity index (χ0n) is 10.0. The van der Waals surface area contributed by atoms with Crippen molar-refractivity contribution in [3.8, 4) is 0 Å². The van der Waals surface area contributed by atoms with Crippen molar-refractivity contribution in [2.24, 2.45) is 5.73 Å². The second-order valence-electron chi connectivity index (χ2n) is 4.24. The molecule has 1 saturated heterocycles. The number of piperazine rings is 1. The lowest BCUT2D eigenvalue weighted by molar-refractivity contribution is -0.122. The standard InChI is InChI=1S/C12H15BrFN3O/c1-7-12(18)16-4-5-17(7)9-3-2-8(6-15)10(13)11(9)14/h2-3,7H,4-6,15H2,1H3,(H,16,18). The maximum atomic E-state index is 14.3. The van der Waals surface area contributed by atoms with E-state index in [0.29, 0.717) is 28.8 Å². The van der Waals surface area contributed by atoms with Crippen molar-refractivity contribution in [3.05, 3.63) is 28.0 Å². The summed E-state index contributed by atoms with van der Waals surface area (Å²) in [5, 5.41) is 2.75. The topological polar surface area (TPSA) is 58.4 Å². The fraction of sp³-hybridized carbons (Fsp3) is 0.417. The smallest absolute Gasteiger partial charge is 0.242 e. The number of carbonyl (C=O) groups excluding carboxylic acids is 1. The molecule has 0 radical (unpaired) electrons. The summed E-state index contributed by atoms with van der Waals surface area (Å²) < 4.78 is 14.6. The minimum absolute atomic E-state index is 0.0836. The number of carbonyl (C=O) groups is 1. The average Bonchev–Trinajstić information content (AvgIpc) is 2.37. The molecule has 1 atom stereocenters. The van der Waals surface area contributed by atoms with Gasteiger partial charge < -0.3 is 16.0 Å². The van der Waals surface area contributed by atoms with Gasteiger partial charge in [0.15, 0.2) is 5.82 Å². The van der Waals surface area contributed by atoms with Crippen LogP contribution < -0.4 is 16.0 Å². The molecule has 0 aliphatic carbocycles. The maximum Gasteiger partial charge on any atom is 0.242 e. The van der Waals surface area contributed by atoms with Gasteiger partial charge in [0.25, 0.3) is 0 Å². The molecule has 1 aliphatic rings. The van der Waals surface area contributed by atoms with E-state index >= 15 is 0 Å². The van der Waals surface area contributed by atoms with Crippen LogP contribution in [0.5, 0.6) is 0 Å². The molecule has 1 aliphatic heterocycles. The number of anilines is 1. The highest BCUT2D eigenvalue weighted by molar-refractivity contribution is 9.10. The average molecular weight is 316 g/mol. The molecule has 1 aromatic rings. The summed E-state index contributed by atoms with van der Waals surface area (Å²) >= 11 is 3.21. The minimum atomic E-state index is -0.371. The van der Waals surface area contributed by atoms with Gasteiger partial charge >= 0.3 is 0 Å². The summed E-state index contributed by atoms with van der Waals surface area (Å²) in [6.07, 6.45) is 0. The molecule has 1 amide bonds. The Morgan fingerprint density at radius 1 is 1.61 bits per heavy atom. The van der Waals surface area contributed by atoms with Gasteiger partial charge in [-0.2, -0.15) is 0 Å². The van der Waals surface area contributed by atoms with E-state index in [1.807, 2.05) is 0 Å². The van der Waals surface area contributed by atoms with Crippen LogP contribution in [0.25, 0.3) is 0 Å². The first-order valence-corrected chi connectivity index (χ1v) is 6.57. The molecule has 3 N–H and O–H groups in total. The Hall–Kier alpha value is -1.14. The lowest BCUT2D eigenvalue weighted by Crippen LogP contribution is -2.54. The maximum absolute atomic E-state index is 14.3. The fourth-order valence-corrected chi connectivity index (χ4v) is 2.57. The Labute approximate surface area is 113 Å². The SMILES string of the molecule is CC1C(=O)NCCN1c1ccc(CN)c(Br)c1F. The normalized spacial score (nSPS) is 19.9. The third kappa shape index (κ3) is 2.22. The Morgan fingerprint density at radius 3 is 3.00 bits per heavy atom. The molecule has 1 fully saturated rings. The lowest BCUT2D eigenvalue weighted by atomic mass is 10.1. The Kier molecular flexibility index (Phi) is 3.87. The third-order valence-electron chi connectivity index (χ3n) is 3.17. The van der Waals surface area contributed by atoms with Crippen LogP contribution in [-0.2, 0) is 11.3 Å². The van der Waals surface area contributed by atoms with Crippen molar-refractivity contribution in [2.75, 3.05) is 18.0 Å². The van der Waals surface area contributed by atoms with Gasteiger partial charge in [0, 0.05) is 19.6 Å². The molecule has 1 heterocycles. The van der Waals surface area contributed by atoms with Gasteiger partial charge in [0.2, 0.25) is 5.91 Å². The van der Waals surface area contributed by atoms with Crippen molar-refractivity contribution in [2.45, 2.75) is 19.5 Å². The highest BCUT2D eigenvalue weighted by Gasteiger charge is 2.28.